The number of methoxy groups -OCH3 is 1. The van der Waals surface area contributed by atoms with Crippen molar-refractivity contribution in [1.29, 1.82) is 0 Å². The van der Waals surface area contributed by atoms with E-state index in [1.54, 1.807) is 30.2 Å². The number of ether oxygens (including phenoxy) is 2. The highest BCUT2D eigenvalue weighted by Crippen LogP contribution is 2.37. The minimum atomic E-state index is -0.466. The summed E-state index contributed by atoms with van der Waals surface area (Å²) in [7, 11) is 1.61. The Morgan fingerprint density at radius 2 is 1.64 bits per heavy atom. The third kappa shape index (κ3) is 5.92. The molecule has 170 valence electrons. The van der Waals surface area contributed by atoms with Gasteiger partial charge in [-0.2, -0.15) is 0 Å². The van der Waals surface area contributed by atoms with Gasteiger partial charge in [0.15, 0.2) is 0 Å². The maximum atomic E-state index is 12.9. The second-order valence-electron chi connectivity index (χ2n) is 7.94. The lowest BCUT2D eigenvalue weighted by atomic mass is 9.94. The first-order chi connectivity index (χ1) is 16.0. The molecule has 1 amide bonds. The predicted octanol–water partition coefficient (Wildman–Crippen LogP) is 5.85. The van der Waals surface area contributed by atoms with E-state index in [9.17, 15) is 9.59 Å². The molecule has 0 aromatic heterocycles. The molecule has 4 rings (SSSR count). The molecule has 2 fully saturated rings. The fourth-order valence-electron chi connectivity index (χ4n) is 3.95. The summed E-state index contributed by atoms with van der Waals surface area (Å²) in [6, 6.07) is 14.7. The van der Waals surface area contributed by atoms with Crippen molar-refractivity contribution < 1.29 is 19.1 Å². The summed E-state index contributed by atoms with van der Waals surface area (Å²) in [4.78, 5) is 27.5. The third-order valence-corrected chi connectivity index (χ3v) is 7.02. The quantitative estimate of drug-likeness (QED) is 0.224. The van der Waals surface area contributed by atoms with E-state index in [2.05, 4.69) is 0 Å². The number of carbonyl (C=O) groups is 2. The highest BCUT2D eigenvalue weighted by Gasteiger charge is 2.37. The van der Waals surface area contributed by atoms with Crippen LogP contribution in [0.25, 0.3) is 12.2 Å². The van der Waals surface area contributed by atoms with E-state index in [1.165, 1.54) is 24.3 Å². The van der Waals surface area contributed by atoms with Gasteiger partial charge in [0.2, 0.25) is 0 Å². The molecule has 0 N–H and O–H groups in total. The fourth-order valence-corrected chi connectivity index (χ4v) is 5.35. The Kier molecular flexibility index (Phi) is 7.62. The van der Waals surface area contributed by atoms with E-state index in [0.29, 0.717) is 15.0 Å². The summed E-state index contributed by atoms with van der Waals surface area (Å²) in [5.41, 5.74) is 1.72. The van der Waals surface area contributed by atoms with Crippen LogP contribution in [0.15, 0.2) is 59.5 Å². The van der Waals surface area contributed by atoms with Crippen LogP contribution in [-0.4, -0.2) is 34.2 Å². The zero-order chi connectivity index (χ0) is 23.2. The monoisotopic (exact) mass is 479 g/mol. The molecule has 0 spiro atoms. The van der Waals surface area contributed by atoms with E-state index in [0.717, 1.165) is 42.6 Å². The smallest absolute Gasteiger partial charge is 0.336 e. The van der Waals surface area contributed by atoms with Gasteiger partial charge in [0, 0.05) is 12.1 Å². The highest BCUT2D eigenvalue weighted by atomic mass is 32.2. The Balaban J connectivity index is 1.36. The Bertz CT molecular complexity index is 1080. The van der Waals surface area contributed by atoms with Gasteiger partial charge < -0.3 is 9.47 Å². The van der Waals surface area contributed by atoms with Crippen molar-refractivity contribution in [1.82, 2.24) is 4.90 Å². The first-order valence-electron chi connectivity index (χ1n) is 10.9. The van der Waals surface area contributed by atoms with Crippen LogP contribution >= 0.6 is 24.0 Å². The second kappa shape index (κ2) is 10.8. The molecule has 1 aliphatic carbocycles. The summed E-state index contributed by atoms with van der Waals surface area (Å²) >= 11 is 6.85. The van der Waals surface area contributed by atoms with E-state index >= 15 is 0 Å². The average Bonchev–Trinajstić information content (AvgIpc) is 3.12. The summed E-state index contributed by atoms with van der Waals surface area (Å²) < 4.78 is 11.1. The fraction of sp³-hybridized carbons (Fsp3) is 0.269. The molecular weight excluding hydrogens is 454 g/mol. The Morgan fingerprint density at radius 3 is 2.30 bits per heavy atom. The van der Waals surface area contributed by atoms with Crippen molar-refractivity contribution in [3.8, 4) is 11.5 Å². The van der Waals surface area contributed by atoms with Gasteiger partial charge in [0.05, 0.1) is 12.0 Å². The van der Waals surface area contributed by atoms with E-state index in [1.807, 2.05) is 42.5 Å². The molecule has 1 heterocycles. The molecule has 0 unspecified atom stereocenters. The number of amides is 1. The lowest BCUT2D eigenvalue weighted by Crippen LogP contribution is -2.39. The summed E-state index contributed by atoms with van der Waals surface area (Å²) in [6.45, 7) is 0. The number of carbonyl (C=O) groups excluding carboxylic acids is 2. The van der Waals surface area contributed by atoms with E-state index < -0.39 is 5.97 Å². The zero-order valence-corrected chi connectivity index (χ0v) is 20.0. The minimum Gasteiger partial charge on any atom is -0.497 e. The van der Waals surface area contributed by atoms with Crippen LogP contribution in [-0.2, 0) is 9.59 Å². The number of thioether (sulfide) groups is 1. The number of hydrogen-bond donors (Lipinski definition) is 0. The molecule has 1 saturated heterocycles. The van der Waals surface area contributed by atoms with Gasteiger partial charge in [0.1, 0.15) is 15.8 Å². The maximum Gasteiger partial charge on any atom is 0.336 e. The standard InChI is InChI=1S/C26H25NO4S2/c1-30-21-12-7-18(8-13-21)11-16-24(28)31-22-14-9-19(10-15-22)17-23-25(29)27(26(32)33-23)20-5-3-2-4-6-20/h7-17,20H,2-6H2,1H3. The third-order valence-electron chi connectivity index (χ3n) is 5.69. The highest BCUT2D eigenvalue weighted by molar-refractivity contribution is 8.26. The molecule has 0 atom stereocenters. The lowest BCUT2D eigenvalue weighted by molar-refractivity contribution is -0.129. The van der Waals surface area contributed by atoms with Crippen LogP contribution in [0.1, 0.15) is 43.2 Å². The predicted molar refractivity (Wildman–Crippen MR) is 136 cm³/mol. The van der Waals surface area contributed by atoms with Crippen LogP contribution < -0.4 is 9.47 Å². The van der Waals surface area contributed by atoms with Crippen molar-refractivity contribution in [2.45, 2.75) is 38.1 Å². The van der Waals surface area contributed by atoms with Gasteiger partial charge in [0.25, 0.3) is 5.91 Å². The topological polar surface area (TPSA) is 55.8 Å². The van der Waals surface area contributed by atoms with Gasteiger partial charge in [-0.1, -0.05) is 67.5 Å². The van der Waals surface area contributed by atoms with E-state index in [4.69, 9.17) is 21.7 Å². The summed E-state index contributed by atoms with van der Waals surface area (Å²) in [6.07, 6.45) is 10.5. The number of nitrogens with zero attached hydrogens (tertiary/aromatic N) is 1. The number of hydrogen-bond acceptors (Lipinski definition) is 6. The molecule has 5 nitrogen and oxygen atoms in total. The number of rotatable bonds is 6. The molecule has 2 aliphatic rings. The zero-order valence-electron chi connectivity index (χ0n) is 18.4. The van der Waals surface area contributed by atoms with E-state index in [-0.39, 0.29) is 11.9 Å². The van der Waals surface area contributed by atoms with Crippen molar-refractivity contribution in [2.75, 3.05) is 7.11 Å². The first kappa shape index (κ1) is 23.3. The van der Waals surface area contributed by atoms with Gasteiger partial charge in [-0.3, -0.25) is 9.69 Å². The van der Waals surface area contributed by atoms with Gasteiger partial charge >= 0.3 is 5.97 Å². The van der Waals surface area contributed by atoms with Gasteiger partial charge in [-0.15, -0.1) is 0 Å². The van der Waals surface area contributed by atoms with Crippen LogP contribution in [0, 0.1) is 0 Å². The number of benzene rings is 2. The normalized spacial score (nSPS) is 18.3. The number of esters is 1. The molecule has 33 heavy (non-hydrogen) atoms. The second-order valence-corrected chi connectivity index (χ2v) is 9.62. The van der Waals surface area contributed by atoms with Gasteiger partial charge in [-0.25, -0.2) is 4.79 Å². The van der Waals surface area contributed by atoms with Crippen LogP contribution in [0.3, 0.4) is 0 Å². The lowest BCUT2D eigenvalue weighted by Gasteiger charge is -2.29. The van der Waals surface area contributed by atoms with Crippen molar-refractivity contribution in [3.63, 3.8) is 0 Å². The Morgan fingerprint density at radius 1 is 1.00 bits per heavy atom. The molecule has 1 saturated carbocycles. The van der Waals surface area contributed by atoms with Crippen LogP contribution in [0.4, 0.5) is 0 Å². The minimum absolute atomic E-state index is 0.00364. The van der Waals surface area contributed by atoms with Crippen molar-refractivity contribution in [3.05, 3.63) is 70.6 Å². The molecule has 1 aliphatic heterocycles. The first-order valence-corrected chi connectivity index (χ1v) is 12.2. The molecular formula is C26H25NO4S2. The summed E-state index contributed by atoms with van der Waals surface area (Å²) in [5, 5.41) is 0. The molecule has 7 heteroatoms. The van der Waals surface area contributed by atoms with Crippen molar-refractivity contribution in [2.24, 2.45) is 0 Å². The largest absolute Gasteiger partial charge is 0.497 e. The molecule has 0 radical (unpaired) electrons. The maximum absolute atomic E-state index is 12.9. The number of thiocarbonyl (C=S) groups is 1. The Hall–Kier alpha value is -2.90. The van der Waals surface area contributed by atoms with Gasteiger partial charge in [-0.05, 0) is 60.4 Å². The molecule has 0 bridgehead atoms. The average molecular weight is 480 g/mol. The molecule has 2 aromatic rings. The van der Waals surface area contributed by atoms with Crippen molar-refractivity contribution >= 4 is 52.3 Å². The van der Waals surface area contributed by atoms with Crippen LogP contribution in [0.2, 0.25) is 0 Å². The SMILES string of the molecule is COc1ccc(C=CC(=O)Oc2ccc(C=C3SC(=S)N(C4CCCCC4)C3=O)cc2)cc1. The summed E-state index contributed by atoms with van der Waals surface area (Å²) in [5.74, 6) is 0.722. The van der Waals surface area contributed by atoms with Crippen LogP contribution in [0.5, 0.6) is 11.5 Å². The molecule has 2 aromatic carbocycles. The Labute approximate surface area is 203 Å².